The average Bonchev–Trinajstić information content (AvgIpc) is 3.35. The molecule has 2 fully saturated rings. The highest BCUT2D eigenvalue weighted by Crippen LogP contribution is 2.42. The molecule has 1 amide bonds. The molecule has 7 heteroatoms. The maximum atomic E-state index is 11.6. The lowest BCUT2D eigenvalue weighted by Crippen LogP contribution is -2.25. The Morgan fingerprint density at radius 1 is 1.32 bits per heavy atom. The van der Waals surface area contributed by atoms with Gasteiger partial charge in [0, 0.05) is 48.3 Å². The molecular weight excluding hydrogens is 390 g/mol. The molecule has 158 valence electrons. The molecule has 5 rings (SSSR count). The van der Waals surface area contributed by atoms with E-state index in [1.54, 1.807) is 0 Å². The van der Waals surface area contributed by atoms with Crippen LogP contribution in [0.4, 0.5) is 5.82 Å². The van der Waals surface area contributed by atoms with E-state index in [-0.39, 0.29) is 17.9 Å². The van der Waals surface area contributed by atoms with Crippen LogP contribution in [0, 0.1) is 24.2 Å². The summed E-state index contributed by atoms with van der Waals surface area (Å²) in [6.07, 6.45) is 6.63. The molecule has 0 aromatic carbocycles. The molecule has 1 aliphatic heterocycles. The number of amides is 1. The van der Waals surface area contributed by atoms with Crippen molar-refractivity contribution < 1.29 is 9.53 Å². The zero-order valence-electron chi connectivity index (χ0n) is 17.8. The van der Waals surface area contributed by atoms with Gasteiger partial charge in [-0.2, -0.15) is 5.26 Å². The number of ether oxygens (including phenoxy) is 1. The summed E-state index contributed by atoms with van der Waals surface area (Å²) in [4.78, 5) is 21.0. The summed E-state index contributed by atoms with van der Waals surface area (Å²) >= 11 is 0. The summed E-state index contributed by atoms with van der Waals surface area (Å²) in [6, 6.07) is 8.82. The molecule has 1 aliphatic carbocycles. The van der Waals surface area contributed by atoms with Gasteiger partial charge in [-0.3, -0.25) is 9.78 Å². The second-order valence-corrected chi connectivity index (χ2v) is 8.68. The molecule has 1 saturated heterocycles. The second kappa shape index (κ2) is 7.78. The van der Waals surface area contributed by atoms with Gasteiger partial charge < -0.3 is 14.6 Å². The highest BCUT2D eigenvalue weighted by molar-refractivity contribution is 5.98. The van der Waals surface area contributed by atoms with Crippen molar-refractivity contribution in [1.29, 1.82) is 5.26 Å². The van der Waals surface area contributed by atoms with Crippen molar-refractivity contribution in [2.24, 2.45) is 5.92 Å². The van der Waals surface area contributed by atoms with Gasteiger partial charge in [-0.15, -0.1) is 0 Å². The fourth-order valence-corrected chi connectivity index (χ4v) is 4.63. The number of pyridine rings is 2. The number of aryl methyl sites for hydroxylation is 1. The van der Waals surface area contributed by atoms with E-state index in [9.17, 15) is 10.1 Å². The van der Waals surface area contributed by atoms with Crippen molar-refractivity contribution in [2.45, 2.75) is 45.1 Å². The van der Waals surface area contributed by atoms with Crippen LogP contribution in [0.5, 0.6) is 0 Å². The molecule has 1 saturated carbocycles. The summed E-state index contributed by atoms with van der Waals surface area (Å²) in [5, 5.41) is 13.0. The van der Waals surface area contributed by atoms with E-state index in [2.05, 4.69) is 46.2 Å². The minimum absolute atomic E-state index is 0.114. The molecule has 3 aromatic rings. The Bertz CT molecular complexity index is 1200. The van der Waals surface area contributed by atoms with Gasteiger partial charge in [0.15, 0.2) is 0 Å². The first kappa shape index (κ1) is 19.7. The largest absolute Gasteiger partial charge is 0.381 e. The van der Waals surface area contributed by atoms with Gasteiger partial charge in [-0.05, 0) is 49.9 Å². The summed E-state index contributed by atoms with van der Waals surface area (Å²) in [5.41, 5.74) is 5.17. The number of carbonyl (C=O) groups is 1. The molecule has 31 heavy (non-hydrogen) atoms. The van der Waals surface area contributed by atoms with Crippen molar-refractivity contribution in [3.05, 3.63) is 41.9 Å². The number of rotatable bonds is 4. The monoisotopic (exact) mass is 415 g/mol. The highest BCUT2D eigenvalue weighted by atomic mass is 16.5. The fraction of sp³-hybridized carbons (Fsp3) is 0.417. The Balaban J connectivity index is 1.63. The van der Waals surface area contributed by atoms with Crippen molar-refractivity contribution in [3.8, 4) is 17.3 Å². The highest BCUT2D eigenvalue weighted by Gasteiger charge is 2.32. The number of nitrogens with one attached hydrogen (secondary N) is 1. The second-order valence-electron chi connectivity index (χ2n) is 8.68. The molecule has 7 nitrogen and oxygen atoms in total. The van der Waals surface area contributed by atoms with Gasteiger partial charge in [0.25, 0.3) is 0 Å². The van der Waals surface area contributed by atoms with Gasteiger partial charge in [0.2, 0.25) is 5.91 Å². The molecule has 1 atom stereocenters. The zero-order chi connectivity index (χ0) is 21.5. The van der Waals surface area contributed by atoms with Gasteiger partial charge >= 0.3 is 0 Å². The Labute approximate surface area is 181 Å². The first-order valence-corrected chi connectivity index (χ1v) is 10.8. The third kappa shape index (κ3) is 3.68. The predicted molar refractivity (Wildman–Crippen MR) is 118 cm³/mol. The van der Waals surface area contributed by atoms with E-state index >= 15 is 0 Å². The van der Waals surface area contributed by atoms with Crippen molar-refractivity contribution in [3.63, 3.8) is 0 Å². The minimum Gasteiger partial charge on any atom is -0.381 e. The number of hydrogen-bond acceptors (Lipinski definition) is 5. The van der Waals surface area contributed by atoms with Crippen LogP contribution in [0.1, 0.15) is 49.4 Å². The summed E-state index contributed by atoms with van der Waals surface area (Å²) in [5.74, 6) is 0.815. The Morgan fingerprint density at radius 2 is 2.16 bits per heavy atom. The molecule has 3 aromatic heterocycles. The number of nitrogens with zero attached hydrogens (tertiary/aromatic N) is 4. The molecule has 0 spiro atoms. The van der Waals surface area contributed by atoms with Gasteiger partial charge in [0.1, 0.15) is 5.82 Å². The quantitative estimate of drug-likeness (QED) is 0.684. The molecule has 4 heterocycles. The number of hydrogen-bond donors (Lipinski definition) is 1. The summed E-state index contributed by atoms with van der Waals surface area (Å²) in [7, 11) is 0. The van der Waals surface area contributed by atoms with Gasteiger partial charge in [0.05, 0.1) is 36.0 Å². The fourth-order valence-electron chi connectivity index (χ4n) is 4.63. The van der Waals surface area contributed by atoms with Crippen LogP contribution in [-0.4, -0.2) is 33.7 Å². The van der Waals surface area contributed by atoms with Crippen LogP contribution in [0.2, 0.25) is 0 Å². The van der Waals surface area contributed by atoms with E-state index in [0.29, 0.717) is 18.3 Å². The van der Waals surface area contributed by atoms with E-state index in [1.165, 1.54) is 6.92 Å². The Hall–Kier alpha value is -3.24. The minimum atomic E-state index is -0.152. The van der Waals surface area contributed by atoms with E-state index in [1.807, 2.05) is 12.3 Å². The smallest absolute Gasteiger partial charge is 0.222 e. The van der Waals surface area contributed by atoms with Crippen molar-refractivity contribution in [2.75, 3.05) is 18.5 Å². The van der Waals surface area contributed by atoms with Crippen LogP contribution in [-0.2, 0) is 9.53 Å². The van der Waals surface area contributed by atoms with Gasteiger partial charge in [-0.1, -0.05) is 0 Å². The standard InChI is InChI=1S/C24H25N5O2/c1-14-5-21(17-3-4-31-13-17)28-22(6-14)20-12-29(18-7-16(8-18)10-25)23-11-26-24(9-19(20)23)27-15(2)30/h5-6,9,11-12,16-18H,3-4,7-8,13H2,1-2H3,(H,26,27,30). The topological polar surface area (TPSA) is 92.8 Å². The Kier molecular flexibility index (Phi) is 4.95. The molecule has 1 N–H and O–H groups in total. The number of anilines is 1. The predicted octanol–water partition coefficient (Wildman–Crippen LogP) is 4.34. The molecule has 1 unspecified atom stereocenters. The average molecular weight is 415 g/mol. The van der Waals surface area contributed by atoms with Crippen molar-refractivity contribution >= 4 is 22.6 Å². The van der Waals surface area contributed by atoms with Crippen LogP contribution < -0.4 is 5.32 Å². The summed E-state index contributed by atoms with van der Waals surface area (Å²) in [6.45, 7) is 5.07. The lowest BCUT2D eigenvalue weighted by atomic mass is 9.81. The van der Waals surface area contributed by atoms with Crippen molar-refractivity contribution in [1.82, 2.24) is 14.5 Å². The SMILES string of the molecule is CC(=O)Nc1cc2c(-c3cc(C)cc(C4CCOC4)n3)cn(C3CC(C#N)C3)c2cn1. The lowest BCUT2D eigenvalue weighted by Gasteiger charge is -2.32. The van der Waals surface area contributed by atoms with E-state index < -0.39 is 0 Å². The van der Waals surface area contributed by atoms with Crippen LogP contribution in [0.3, 0.4) is 0 Å². The zero-order valence-corrected chi connectivity index (χ0v) is 17.8. The first-order valence-electron chi connectivity index (χ1n) is 10.8. The van der Waals surface area contributed by atoms with Crippen LogP contribution in [0.25, 0.3) is 22.2 Å². The molecule has 0 radical (unpaired) electrons. The molecular formula is C24H25N5O2. The molecule has 2 aliphatic rings. The van der Waals surface area contributed by atoms with Crippen LogP contribution >= 0.6 is 0 Å². The number of fused-ring (bicyclic) bond motifs is 1. The number of aromatic nitrogens is 3. The molecule has 0 bridgehead atoms. The third-order valence-electron chi connectivity index (χ3n) is 6.33. The van der Waals surface area contributed by atoms with Crippen LogP contribution in [0.15, 0.2) is 30.6 Å². The van der Waals surface area contributed by atoms with E-state index in [0.717, 1.165) is 59.3 Å². The first-order chi connectivity index (χ1) is 15.0. The number of carbonyl (C=O) groups excluding carboxylic acids is 1. The maximum absolute atomic E-state index is 11.6. The maximum Gasteiger partial charge on any atom is 0.222 e. The van der Waals surface area contributed by atoms with Gasteiger partial charge in [-0.25, -0.2) is 4.98 Å². The van der Waals surface area contributed by atoms with E-state index in [4.69, 9.17) is 9.72 Å². The third-order valence-corrected chi connectivity index (χ3v) is 6.33. The Morgan fingerprint density at radius 3 is 2.87 bits per heavy atom. The summed E-state index contributed by atoms with van der Waals surface area (Å²) < 4.78 is 7.81. The number of nitriles is 1. The normalized spacial score (nSPS) is 22.8. The lowest BCUT2D eigenvalue weighted by molar-refractivity contribution is -0.114.